The number of benzene rings is 1. The standard InChI is InChI=1S/C15H20N2O4/c1-17-5-6-19-11(10-17)9-16-15(18)12-3-2-4-13-14(12)21-8-7-20-13/h2-4,11H,5-10H2,1H3,(H,16,18). The molecular formula is C15H20N2O4. The second-order valence-corrected chi connectivity index (χ2v) is 5.29. The van der Waals surface area contributed by atoms with Crippen molar-refractivity contribution in [3.05, 3.63) is 23.8 Å². The van der Waals surface area contributed by atoms with Gasteiger partial charge >= 0.3 is 0 Å². The monoisotopic (exact) mass is 292 g/mol. The Labute approximate surface area is 124 Å². The molecule has 1 fully saturated rings. The van der Waals surface area contributed by atoms with E-state index < -0.39 is 0 Å². The molecular weight excluding hydrogens is 272 g/mol. The fourth-order valence-corrected chi connectivity index (χ4v) is 2.54. The lowest BCUT2D eigenvalue weighted by Crippen LogP contribution is -2.46. The molecule has 1 atom stereocenters. The predicted molar refractivity (Wildman–Crippen MR) is 77.0 cm³/mol. The van der Waals surface area contributed by atoms with Crippen LogP contribution in [0.15, 0.2) is 18.2 Å². The van der Waals surface area contributed by atoms with Crippen LogP contribution in [-0.2, 0) is 4.74 Å². The summed E-state index contributed by atoms with van der Waals surface area (Å²) >= 11 is 0. The fourth-order valence-electron chi connectivity index (χ4n) is 2.54. The molecule has 0 saturated carbocycles. The normalized spacial score (nSPS) is 21.9. The van der Waals surface area contributed by atoms with Gasteiger partial charge in [-0.1, -0.05) is 6.07 Å². The summed E-state index contributed by atoms with van der Waals surface area (Å²) in [5.41, 5.74) is 0.511. The summed E-state index contributed by atoms with van der Waals surface area (Å²) in [4.78, 5) is 14.5. The fraction of sp³-hybridized carbons (Fsp3) is 0.533. The number of nitrogens with one attached hydrogen (secondary N) is 1. The average Bonchev–Trinajstić information content (AvgIpc) is 2.52. The molecule has 0 aliphatic carbocycles. The molecule has 6 heteroatoms. The zero-order chi connectivity index (χ0) is 14.7. The number of hydrogen-bond donors (Lipinski definition) is 1. The number of amides is 1. The van der Waals surface area contributed by atoms with Crippen molar-refractivity contribution in [2.45, 2.75) is 6.10 Å². The van der Waals surface area contributed by atoms with Crippen LogP contribution in [0.2, 0.25) is 0 Å². The van der Waals surface area contributed by atoms with Gasteiger partial charge < -0.3 is 24.4 Å². The molecule has 1 aromatic rings. The number of hydrogen-bond acceptors (Lipinski definition) is 5. The molecule has 3 rings (SSSR count). The lowest BCUT2D eigenvalue weighted by atomic mass is 10.1. The van der Waals surface area contributed by atoms with E-state index in [4.69, 9.17) is 14.2 Å². The zero-order valence-electron chi connectivity index (χ0n) is 12.1. The number of rotatable bonds is 3. The molecule has 1 unspecified atom stereocenters. The van der Waals surface area contributed by atoms with E-state index in [2.05, 4.69) is 17.3 Å². The second kappa shape index (κ2) is 6.32. The van der Waals surface area contributed by atoms with Crippen LogP contribution in [0.5, 0.6) is 11.5 Å². The van der Waals surface area contributed by atoms with E-state index >= 15 is 0 Å². The van der Waals surface area contributed by atoms with Crippen molar-refractivity contribution >= 4 is 5.91 Å². The van der Waals surface area contributed by atoms with E-state index in [9.17, 15) is 4.79 Å². The van der Waals surface area contributed by atoms with Crippen LogP contribution >= 0.6 is 0 Å². The van der Waals surface area contributed by atoms with E-state index in [1.54, 1.807) is 12.1 Å². The summed E-state index contributed by atoms with van der Waals surface area (Å²) in [6.45, 7) is 3.94. The van der Waals surface area contributed by atoms with Crippen molar-refractivity contribution < 1.29 is 19.0 Å². The maximum Gasteiger partial charge on any atom is 0.255 e. The highest BCUT2D eigenvalue weighted by Gasteiger charge is 2.22. The third kappa shape index (κ3) is 3.28. The molecule has 0 radical (unpaired) electrons. The Bertz CT molecular complexity index is 520. The summed E-state index contributed by atoms with van der Waals surface area (Å²) < 4.78 is 16.7. The van der Waals surface area contributed by atoms with Gasteiger partial charge in [-0.05, 0) is 19.2 Å². The van der Waals surface area contributed by atoms with Gasteiger partial charge in [0.05, 0.1) is 18.3 Å². The number of morpholine rings is 1. The minimum atomic E-state index is -0.158. The van der Waals surface area contributed by atoms with Gasteiger partial charge in [-0.25, -0.2) is 0 Å². The third-order valence-corrected chi connectivity index (χ3v) is 3.64. The first kappa shape index (κ1) is 14.2. The van der Waals surface area contributed by atoms with E-state index in [1.165, 1.54) is 0 Å². The van der Waals surface area contributed by atoms with Crippen LogP contribution < -0.4 is 14.8 Å². The second-order valence-electron chi connectivity index (χ2n) is 5.29. The van der Waals surface area contributed by atoms with Crippen molar-refractivity contribution in [2.75, 3.05) is 46.5 Å². The number of fused-ring (bicyclic) bond motifs is 1. The first-order valence-electron chi connectivity index (χ1n) is 7.21. The van der Waals surface area contributed by atoms with Gasteiger partial charge in [-0.15, -0.1) is 0 Å². The molecule has 1 amide bonds. The summed E-state index contributed by atoms with van der Waals surface area (Å²) in [5, 5.41) is 2.91. The number of carbonyl (C=O) groups is 1. The van der Waals surface area contributed by atoms with Gasteiger partial charge in [-0.3, -0.25) is 4.79 Å². The van der Waals surface area contributed by atoms with Crippen LogP contribution in [-0.4, -0.2) is 63.4 Å². The lowest BCUT2D eigenvalue weighted by Gasteiger charge is -2.30. The Hall–Kier alpha value is -1.79. The molecule has 0 aromatic heterocycles. The molecule has 1 aromatic carbocycles. The van der Waals surface area contributed by atoms with Crippen LogP contribution in [0.4, 0.5) is 0 Å². The van der Waals surface area contributed by atoms with E-state index in [1.807, 2.05) is 6.07 Å². The predicted octanol–water partition coefficient (Wildman–Crippen LogP) is 0.518. The molecule has 1 N–H and O–H groups in total. The number of carbonyl (C=O) groups excluding carboxylic acids is 1. The number of nitrogens with zero attached hydrogens (tertiary/aromatic N) is 1. The molecule has 6 nitrogen and oxygen atoms in total. The Morgan fingerprint density at radius 3 is 3.05 bits per heavy atom. The number of para-hydroxylation sites is 1. The summed E-state index contributed by atoms with van der Waals surface area (Å²) in [5.74, 6) is 1.000. The van der Waals surface area contributed by atoms with Crippen molar-refractivity contribution in [3.63, 3.8) is 0 Å². The maximum absolute atomic E-state index is 12.3. The van der Waals surface area contributed by atoms with Crippen molar-refractivity contribution in [1.29, 1.82) is 0 Å². The van der Waals surface area contributed by atoms with Crippen LogP contribution in [0.1, 0.15) is 10.4 Å². The zero-order valence-corrected chi connectivity index (χ0v) is 12.1. The topological polar surface area (TPSA) is 60.0 Å². The Morgan fingerprint density at radius 2 is 2.19 bits per heavy atom. The molecule has 0 spiro atoms. The van der Waals surface area contributed by atoms with Crippen LogP contribution in [0.3, 0.4) is 0 Å². The Kier molecular flexibility index (Phi) is 4.26. The highest BCUT2D eigenvalue weighted by Crippen LogP contribution is 2.33. The molecule has 2 heterocycles. The first-order valence-corrected chi connectivity index (χ1v) is 7.21. The minimum absolute atomic E-state index is 0.0319. The van der Waals surface area contributed by atoms with Crippen molar-refractivity contribution in [2.24, 2.45) is 0 Å². The molecule has 2 aliphatic rings. The summed E-state index contributed by atoms with van der Waals surface area (Å²) in [7, 11) is 2.05. The van der Waals surface area contributed by atoms with Gasteiger partial charge in [0, 0.05) is 19.6 Å². The summed E-state index contributed by atoms with van der Waals surface area (Å²) in [6.07, 6.45) is 0.0319. The van der Waals surface area contributed by atoms with E-state index in [0.29, 0.717) is 43.4 Å². The highest BCUT2D eigenvalue weighted by molar-refractivity contribution is 5.97. The van der Waals surface area contributed by atoms with Crippen LogP contribution in [0, 0.1) is 0 Å². The summed E-state index contributed by atoms with van der Waals surface area (Å²) in [6, 6.07) is 5.36. The molecule has 21 heavy (non-hydrogen) atoms. The van der Waals surface area contributed by atoms with E-state index in [-0.39, 0.29) is 12.0 Å². The number of likely N-dealkylation sites (N-methyl/N-ethyl adjacent to an activating group) is 1. The molecule has 0 bridgehead atoms. The van der Waals surface area contributed by atoms with E-state index in [0.717, 1.165) is 13.1 Å². The first-order chi connectivity index (χ1) is 10.2. The average molecular weight is 292 g/mol. The number of ether oxygens (including phenoxy) is 3. The van der Waals surface area contributed by atoms with Crippen molar-refractivity contribution in [3.8, 4) is 11.5 Å². The maximum atomic E-state index is 12.3. The van der Waals surface area contributed by atoms with Gasteiger partial charge in [-0.2, -0.15) is 0 Å². The Balaban J connectivity index is 1.63. The molecule has 1 saturated heterocycles. The smallest absolute Gasteiger partial charge is 0.255 e. The lowest BCUT2D eigenvalue weighted by molar-refractivity contribution is -0.0175. The molecule has 2 aliphatic heterocycles. The van der Waals surface area contributed by atoms with Crippen molar-refractivity contribution in [1.82, 2.24) is 10.2 Å². The SMILES string of the molecule is CN1CCOC(CNC(=O)c2cccc3c2OCCO3)C1. The quantitative estimate of drug-likeness (QED) is 0.880. The van der Waals surface area contributed by atoms with Gasteiger partial charge in [0.2, 0.25) is 0 Å². The largest absolute Gasteiger partial charge is 0.486 e. The van der Waals surface area contributed by atoms with Gasteiger partial charge in [0.1, 0.15) is 13.2 Å². The molecule has 114 valence electrons. The minimum Gasteiger partial charge on any atom is -0.486 e. The Morgan fingerprint density at radius 1 is 1.33 bits per heavy atom. The highest BCUT2D eigenvalue weighted by atomic mass is 16.6. The third-order valence-electron chi connectivity index (χ3n) is 3.64. The van der Waals surface area contributed by atoms with Gasteiger partial charge in [0.15, 0.2) is 11.5 Å². The van der Waals surface area contributed by atoms with Crippen LogP contribution in [0.25, 0.3) is 0 Å². The van der Waals surface area contributed by atoms with Gasteiger partial charge in [0.25, 0.3) is 5.91 Å².